The number of ether oxygens (including phenoxy) is 1. The molecule has 0 aliphatic rings. The Kier molecular flexibility index (Phi) is 4.48. The van der Waals surface area contributed by atoms with Crippen LogP contribution in [-0.2, 0) is 5.33 Å². The van der Waals surface area contributed by atoms with Gasteiger partial charge in [0.1, 0.15) is 5.75 Å². The number of aromatic nitrogens is 1. The summed E-state index contributed by atoms with van der Waals surface area (Å²) in [6, 6.07) is 5.86. The van der Waals surface area contributed by atoms with Crippen molar-refractivity contribution in [1.29, 1.82) is 0 Å². The van der Waals surface area contributed by atoms with Gasteiger partial charge in [-0.3, -0.25) is 0 Å². The van der Waals surface area contributed by atoms with Crippen LogP contribution < -0.4 is 4.74 Å². The first-order chi connectivity index (χ1) is 9.01. The van der Waals surface area contributed by atoms with Gasteiger partial charge in [0.25, 0.3) is 0 Å². The van der Waals surface area contributed by atoms with Crippen molar-refractivity contribution in [3.63, 3.8) is 0 Å². The van der Waals surface area contributed by atoms with Crippen LogP contribution in [0.2, 0.25) is 5.02 Å². The summed E-state index contributed by atoms with van der Waals surface area (Å²) in [5.41, 5.74) is 4.17. The van der Waals surface area contributed by atoms with Gasteiger partial charge in [-0.1, -0.05) is 27.5 Å². The summed E-state index contributed by atoms with van der Waals surface area (Å²) >= 11 is 9.44. The third-order valence-corrected chi connectivity index (χ3v) is 3.73. The number of halogens is 2. The molecule has 0 N–H and O–H groups in total. The number of pyridine rings is 1. The summed E-state index contributed by atoms with van der Waals surface area (Å²) in [6.45, 7) is 5.96. The number of nitrogens with zero attached hydrogens (tertiary/aromatic N) is 1. The van der Waals surface area contributed by atoms with Crippen LogP contribution in [0.1, 0.15) is 22.3 Å². The van der Waals surface area contributed by atoms with Crippen LogP contribution in [0.15, 0.2) is 24.4 Å². The SMILES string of the molecule is Cc1cc(CBr)cnc1Oc1c(C)cc(Cl)cc1C. The second-order valence-electron chi connectivity index (χ2n) is 4.57. The van der Waals surface area contributed by atoms with E-state index < -0.39 is 0 Å². The quantitative estimate of drug-likeness (QED) is 0.703. The number of hydrogen-bond acceptors (Lipinski definition) is 2. The van der Waals surface area contributed by atoms with Gasteiger partial charge < -0.3 is 4.74 Å². The van der Waals surface area contributed by atoms with Crippen LogP contribution in [0, 0.1) is 20.8 Å². The second kappa shape index (κ2) is 5.93. The maximum Gasteiger partial charge on any atom is 0.222 e. The topological polar surface area (TPSA) is 22.1 Å². The molecule has 0 fully saturated rings. The van der Waals surface area contributed by atoms with Crippen molar-refractivity contribution in [2.24, 2.45) is 0 Å². The standard InChI is InChI=1S/C15H15BrClNO/c1-9-5-13(17)6-10(2)14(9)19-15-11(3)4-12(7-16)8-18-15/h4-6,8H,7H2,1-3H3. The molecule has 0 aliphatic carbocycles. The lowest BCUT2D eigenvalue weighted by atomic mass is 10.1. The van der Waals surface area contributed by atoms with Crippen molar-refractivity contribution < 1.29 is 4.74 Å². The lowest BCUT2D eigenvalue weighted by Crippen LogP contribution is -1.96. The highest BCUT2D eigenvalue weighted by Crippen LogP contribution is 2.32. The zero-order valence-electron chi connectivity index (χ0n) is 11.1. The van der Waals surface area contributed by atoms with E-state index in [1.54, 1.807) is 0 Å². The van der Waals surface area contributed by atoms with E-state index in [0.29, 0.717) is 5.88 Å². The van der Waals surface area contributed by atoms with E-state index in [-0.39, 0.29) is 0 Å². The molecule has 2 rings (SSSR count). The Morgan fingerprint density at radius 3 is 2.26 bits per heavy atom. The summed E-state index contributed by atoms with van der Waals surface area (Å²) < 4.78 is 5.94. The highest BCUT2D eigenvalue weighted by atomic mass is 79.9. The molecule has 0 saturated carbocycles. The van der Waals surface area contributed by atoms with Gasteiger partial charge in [-0.05, 0) is 55.7 Å². The highest BCUT2D eigenvalue weighted by Gasteiger charge is 2.10. The zero-order chi connectivity index (χ0) is 14.0. The van der Waals surface area contributed by atoms with Crippen LogP contribution in [0.25, 0.3) is 0 Å². The zero-order valence-corrected chi connectivity index (χ0v) is 13.5. The summed E-state index contributed by atoms with van der Waals surface area (Å²) in [5.74, 6) is 1.46. The van der Waals surface area contributed by atoms with E-state index >= 15 is 0 Å². The molecule has 2 aromatic rings. The molecule has 2 nitrogen and oxygen atoms in total. The largest absolute Gasteiger partial charge is 0.438 e. The predicted molar refractivity (Wildman–Crippen MR) is 82.6 cm³/mol. The van der Waals surface area contributed by atoms with Gasteiger partial charge in [-0.15, -0.1) is 0 Å². The molecule has 0 radical (unpaired) electrons. The molecule has 0 atom stereocenters. The Bertz CT molecular complexity index is 590. The first-order valence-electron chi connectivity index (χ1n) is 5.97. The van der Waals surface area contributed by atoms with Crippen LogP contribution in [0.4, 0.5) is 0 Å². The van der Waals surface area contributed by atoms with E-state index in [1.807, 2.05) is 39.1 Å². The molecule has 0 aliphatic heterocycles. The van der Waals surface area contributed by atoms with Crippen LogP contribution >= 0.6 is 27.5 Å². The summed E-state index contributed by atoms with van der Waals surface area (Å²) in [6.07, 6.45) is 1.82. The fourth-order valence-corrected chi connectivity index (χ4v) is 2.59. The number of rotatable bonds is 3. The summed E-state index contributed by atoms with van der Waals surface area (Å²) in [5, 5.41) is 1.52. The first-order valence-corrected chi connectivity index (χ1v) is 7.47. The van der Waals surface area contributed by atoms with Crippen molar-refractivity contribution in [2.75, 3.05) is 0 Å². The van der Waals surface area contributed by atoms with Gasteiger partial charge in [-0.25, -0.2) is 4.98 Å². The Labute approximate surface area is 126 Å². The fraction of sp³-hybridized carbons (Fsp3) is 0.267. The number of alkyl halides is 1. The van der Waals surface area contributed by atoms with Crippen molar-refractivity contribution in [1.82, 2.24) is 4.98 Å². The average molecular weight is 341 g/mol. The van der Waals surface area contributed by atoms with Crippen molar-refractivity contribution in [2.45, 2.75) is 26.1 Å². The van der Waals surface area contributed by atoms with Crippen molar-refractivity contribution in [3.8, 4) is 11.6 Å². The number of benzene rings is 1. The molecule has 0 unspecified atom stereocenters. The molecule has 0 spiro atoms. The molecular weight excluding hydrogens is 326 g/mol. The van der Waals surface area contributed by atoms with Crippen molar-refractivity contribution in [3.05, 3.63) is 51.7 Å². The molecule has 1 aromatic carbocycles. The smallest absolute Gasteiger partial charge is 0.222 e. The Morgan fingerprint density at radius 1 is 1.11 bits per heavy atom. The molecule has 4 heteroatoms. The molecule has 19 heavy (non-hydrogen) atoms. The summed E-state index contributed by atoms with van der Waals surface area (Å²) in [4.78, 5) is 4.36. The fourth-order valence-electron chi connectivity index (χ4n) is 1.96. The molecule has 1 heterocycles. The number of aryl methyl sites for hydroxylation is 3. The average Bonchev–Trinajstić information content (AvgIpc) is 2.35. The molecule has 0 saturated heterocycles. The minimum Gasteiger partial charge on any atom is -0.438 e. The van der Waals surface area contributed by atoms with Gasteiger partial charge in [0.2, 0.25) is 5.88 Å². The normalized spacial score (nSPS) is 10.6. The molecule has 1 aromatic heterocycles. The van der Waals surface area contributed by atoms with Gasteiger partial charge in [0.15, 0.2) is 0 Å². The molecular formula is C15H15BrClNO. The number of hydrogen-bond donors (Lipinski definition) is 0. The minimum absolute atomic E-state index is 0.637. The monoisotopic (exact) mass is 339 g/mol. The lowest BCUT2D eigenvalue weighted by molar-refractivity contribution is 0.452. The highest BCUT2D eigenvalue weighted by molar-refractivity contribution is 9.08. The van der Waals surface area contributed by atoms with E-state index in [4.69, 9.17) is 16.3 Å². The molecule has 0 amide bonds. The molecule has 0 bridgehead atoms. The van der Waals surface area contributed by atoms with Crippen LogP contribution in [-0.4, -0.2) is 4.98 Å². The molecule has 100 valence electrons. The van der Waals surface area contributed by atoms with E-state index in [1.165, 1.54) is 0 Å². The van der Waals surface area contributed by atoms with Crippen LogP contribution in [0.5, 0.6) is 11.6 Å². The van der Waals surface area contributed by atoms with Crippen LogP contribution in [0.3, 0.4) is 0 Å². The third kappa shape index (κ3) is 3.28. The predicted octanol–water partition coefficient (Wildman–Crippen LogP) is 5.35. The first kappa shape index (κ1) is 14.4. The summed E-state index contributed by atoms with van der Waals surface area (Å²) in [7, 11) is 0. The second-order valence-corrected chi connectivity index (χ2v) is 5.57. The van der Waals surface area contributed by atoms with E-state index in [2.05, 4.69) is 27.0 Å². The Balaban J connectivity index is 2.36. The lowest BCUT2D eigenvalue weighted by Gasteiger charge is -2.13. The Morgan fingerprint density at radius 2 is 1.74 bits per heavy atom. The Hall–Kier alpha value is -1.06. The van der Waals surface area contributed by atoms with Crippen molar-refractivity contribution >= 4 is 27.5 Å². The van der Waals surface area contributed by atoms with Gasteiger partial charge >= 0.3 is 0 Å². The van der Waals surface area contributed by atoms with Gasteiger partial charge in [0.05, 0.1) is 0 Å². The van der Waals surface area contributed by atoms with Gasteiger partial charge in [-0.2, -0.15) is 0 Å². The van der Waals surface area contributed by atoms with E-state index in [0.717, 1.165) is 38.4 Å². The van der Waals surface area contributed by atoms with Gasteiger partial charge in [0, 0.05) is 22.1 Å². The maximum atomic E-state index is 6.02. The maximum absolute atomic E-state index is 6.02. The third-order valence-electron chi connectivity index (χ3n) is 2.87. The minimum atomic E-state index is 0.637. The van der Waals surface area contributed by atoms with E-state index in [9.17, 15) is 0 Å².